The summed E-state index contributed by atoms with van der Waals surface area (Å²) in [5.41, 5.74) is 0. The van der Waals surface area contributed by atoms with E-state index in [0.717, 1.165) is 38.8 Å². The number of aliphatic hydroxyl groups excluding tert-OH is 3. The van der Waals surface area contributed by atoms with Crippen molar-refractivity contribution in [1.29, 1.82) is 0 Å². The number of carbonyl (C=O) groups excluding carboxylic acids is 2. The number of piperidine rings is 1. The largest absolute Gasteiger partial charge is 0.388 e. The minimum Gasteiger partial charge on any atom is -0.388 e. The van der Waals surface area contributed by atoms with Gasteiger partial charge >= 0.3 is 0 Å². The third kappa shape index (κ3) is 6.97. The first-order valence-corrected chi connectivity index (χ1v) is 10.3. The van der Waals surface area contributed by atoms with Gasteiger partial charge in [-0.3, -0.25) is 9.59 Å². The molecule has 9 nitrogen and oxygen atoms in total. The van der Waals surface area contributed by atoms with Crippen LogP contribution >= 0.6 is 0 Å². The van der Waals surface area contributed by atoms with Gasteiger partial charge in [0.25, 0.3) is 0 Å². The molecule has 0 aromatic carbocycles. The van der Waals surface area contributed by atoms with Crippen LogP contribution in [0.4, 0.5) is 0 Å². The van der Waals surface area contributed by atoms with Crippen LogP contribution in [-0.4, -0.2) is 108 Å². The number of hydrogen-bond acceptors (Lipinski definition) is 7. The van der Waals surface area contributed by atoms with E-state index in [1.54, 1.807) is 0 Å². The van der Waals surface area contributed by atoms with Crippen molar-refractivity contribution < 1.29 is 29.6 Å². The molecule has 2 fully saturated rings. The molecule has 2 aliphatic heterocycles. The molecule has 3 atom stereocenters. The lowest BCUT2D eigenvalue weighted by Crippen LogP contribution is -2.50. The van der Waals surface area contributed by atoms with Crippen molar-refractivity contribution in [1.82, 2.24) is 15.1 Å². The lowest BCUT2D eigenvalue weighted by molar-refractivity contribution is -0.140. The molecule has 0 radical (unpaired) electrons. The maximum atomic E-state index is 13.0. The van der Waals surface area contributed by atoms with E-state index in [2.05, 4.69) is 5.32 Å². The molecule has 0 unspecified atom stereocenters. The second-order valence-electron chi connectivity index (χ2n) is 7.72. The molecule has 2 heterocycles. The van der Waals surface area contributed by atoms with Gasteiger partial charge in [0.15, 0.2) is 0 Å². The summed E-state index contributed by atoms with van der Waals surface area (Å²) in [6.45, 7) is 4.53. The summed E-state index contributed by atoms with van der Waals surface area (Å²) < 4.78 is 5.38. The highest BCUT2D eigenvalue weighted by molar-refractivity contribution is 5.79. The fourth-order valence-corrected chi connectivity index (χ4v) is 3.68. The molecule has 0 aromatic heterocycles. The second-order valence-corrected chi connectivity index (χ2v) is 7.72. The average Bonchev–Trinajstić information content (AvgIpc) is 2.70. The van der Waals surface area contributed by atoms with Gasteiger partial charge in [-0.15, -0.1) is 0 Å². The lowest BCUT2D eigenvalue weighted by Gasteiger charge is -2.33. The number of amides is 2. The number of nitrogens with one attached hydrogen (secondary N) is 1. The summed E-state index contributed by atoms with van der Waals surface area (Å²) in [7, 11) is 0. The fourth-order valence-electron chi connectivity index (χ4n) is 3.68. The van der Waals surface area contributed by atoms with E-state index in [0.29, 0.717) is 19.7 Å². The van der Waals surface area contributed by atoms with Gasteiger partial charge in [0, 0.05) is 45.6 Å². The zero-order chi connectivity index (χ0) is 20.5. The predicted molar refractivity (Wildman–Crippen MR) is 103 cm³/mol. The molecule has 4 N–H and O–H groups in total. The number of ether oxygens (including phenoxy) is 1. The van der Waals surface area contributed by atoms with Crippen LogP contribution < -0.4 is 5.32 Å². The lowest BCUT2D eigenvalue weighted by atomic mass is 9.96. The topological polar surface area (TPSA) is 123 Å². The van der Waals surface area contributed by atoms with Crippen molar-refractivity contribution in [2.75, 3.05) is 52.5 Å². The molecule has 162 valence electrons. The Labute approximate surface area is 166 Å². The normalized spacial score (nSPS) is 29.9. The smallest absolute Gasteiger partial charge is 0.225 e. The molecule has 0 bridgehead atoms. The van der Waals surface area contributed by atoms with Crippen molar-refractivity contribution in [2.24, 2.45) is 5.92 Å². The molecule has 2 saturated heterocycles. The number of hydrogen-bond donors (Lipinski definition) is 4. The van der Waals surface area contributed by atoms with Gasteiger partial charge < -0.3 is 35.2 Å². The Morgan fingerprint density at radius 1 is 0.964 bits per heavy atom. The Kier molecular flexibility index (Phi) is 9.60. The number of rotatable bonds is 1. The standard InChI is InChI=1S/C19H35N3O6/c1-14(23)22-10-9-21(19(27)15-4-6-20-7-5-15)8-2-3-11-28-13-17(25)18(26)16(24)12-22/h15-18,20,24-26H,2-13H2,1H3/t16-,17+,18+/m0/s1. The summed E-state index contributed by atoms with van der Waals surface area (Å²) in [6.07, 6.45) is -0.799. The summed E-state index contributed by atoms with van der Waals surface area (Å²) in [5.74, 6) is -0.128. The first-order valence-electron chi connectivity index (χ1n) is 10.3. The maximum absolute atomic E-state index is 13.0. The summed E-state index contributed by atoms with van der Waals surface area (Å²) >= 11 is 0. The van der Waals surface area contributed by atoms with E-state index in [4.69, 9.17) is 4.74 Å². The molecule has 0 spiro atoms. The fraction of sp³-hybridized carbons (Fsp3) is 0.895. The highest BCUT2D eigenvalue weighted by Crippen LogP contribution is 2.16. The summed E-state index contributed by atoms with van der Waals surface area (Å²) in [5, 5.41) is 33.5. The van der Waals surface area contributed by atoms with E-state index in [9.17, 15) is 24.9 Å². The molecule has 2 aliphatic rings. The molecule has 2 rings (SSSR count). The highest BCUT2D eigenvalue weighted by Gasteiger charge is 2.29. The minimum atomic E-state index is -1.41. The van der Waals surface area contributed by atoms with Crippen LogP contribution in [0.5, 0.6) is 0 Å². The van der Waals surface area contributed by atoms with Crippen molar-refractivity contribution in [3.63, 3.8) is 0 Å². The Bertz CT molecular complexity index is 500. The monoisotopic (exact) mass is 401 g/mol. The Balaban J connectivity index is 2.06. The maximum Gasteiger partial charge on any atom is 0.225 e. The van der Waals surface area contributed by atoms with Gasteiger partial charge in [-0.1, -0.05) is 0 Å². The van der Waals surface area contributed by atoms with Crippen molar-refractivity contribution in [2.45, 2.75) is 50.9 Å². The zero-order valence-corrected chi connectivity index (χ0v) is 16.8. The van der Waals surface area contributed by atoms with Gasteiger partial charge in [0.2, 0.25) is 11.8 Å². The molecule has 28 heavy (non-hydrogen) atoms. The predicted octanol–water partition coefficient (Wildman–Crippen LogP) is -1.44. The molecular formula is C19H35N3O6. The average molecular weight is 402 g/mol. The Hall–Kier alpha value is -1.26. The van der Waals surface area contributed by atoms with Gasteiger partial charge in [-0.25, -0.2) is 0 Å². The molecule has 9 heteroatoms. The number of carbonyl (C=O) groups is 2. The van der Waals surface area contributed by atoms with Crippen molar-refractivity contribution in [3.05, 3.63) is 0 Å². The third-order valence-electron chi connectivity index (χ3n) is 5.54. The van der Waals surface area contributed by atoms with E-state index >= 15 is 0 Å². The summed E-state index contributed by atoms with van der Waals surface area (Å²) in [6, 6.07) is 0. The van der Waals surface area contributed by atoms with Gasteiger partial charge in [0.05, 0.1) is 6.61 Å². The second kappa shape index (κ2) is 11.7. The number of β-amino-alcohol motifs (C(OH)–C–C–N with tert-alkyl or cyclic N) is 1. The molecule has 0 aromatic rings. The van der Waals surface area contributed by atoms with E-state index in [1.165, 1.54) is 11.8 Å². The summed E-state index contributed by atoms with van der Waals surface area (Å²) in [4.78, 5) is 28.2. The van der Waals surface area contributed by atoms with Crippen LogP contribution in [-0.2, 0) is 14.3 Å². The highest BCUT2D eigenvalue weighted by atomic mass is 16.5. The zero-order valence-electron chi connectivity index (χ0n) is 16.8. The quantitative estimate of drug-likeness (QED) is 0.424. The van der Waals surface area contributed by atoms with Crippen LogP contribution in [0.2, 0.25) is 0 Å². The number of aliphatic hydroxyl groups is 3. The van der Waals surface area contributed by atoms with Gasteiger partial charge in [0.1, 0.15) is 18.3 Å². The third-order valence-corrected chi connectivity index (χ3v) is 5.54. The Morgan fingerprint density at radius 2 is 1.64 bits per heavy atom. The van der Waals surface area contributed by atoms with E-state index in [-0.39, 0.29) is 37.4 Å². The van der Waals surface area contributed by atoms with E-state index in [1.807, 2.05) is 4.90 Å². The minimum absolute atomic E-state index is 0.00437. The van der Waals surface area contributed by atoms with Crippen LogP contribution in [0.15, 0.2) is 0 Å². The van der Waals surface area contributed by atoms with Crippen molar-refractivity contribution in [3.8, 4) is 0 Å². The van der Waals surface area contributed by atoms with Crippen LogP contribution in [0.1, 0.15) is 32.6 Å². The van der Waals surface area contributed by atoms with Crippen molar-refractivity contribution >= 4 is 11.8 Å². The first kappa shape index (κ1) is 23.0. The van der Waals surface area contributed by atoms with Crippen LogP contribution in [0.25, 0.3) is 0 Å². The molecule has 2 amide bonds. The first-order chi connectivity index (χ1) is 13.4. The van der Waals surface area contributed by atoms with Gasteiger partial charge in [-0.2, -0.15) is 0 Å². The number of nitrogens with zero attached hydrogens (tertiary/aromatic N) is 2. The molecule has 0 aliphatic carbocycles. The molecule has 0 saturated carbocycles. The SMILES string of the molecule is CC(=O)N1CCN(C(=O)C2CCNCC2)CCCCOC[C@@H](O)[C@H](O)[C@@H](O)C1. The van der Waals surface area contributed by atoms with Gasteiger partial charge in [-0.05, 0) is 38.8 Å². The van der Waals surface area contributed by atoms with Crippen LogP contribution in [0, 0.1) is 5.92 Å². The van der Waals surface area contributed by atoms with Crippen LogP contribution in [0.3, 0.4) is 0 Å². The van der Waals surface area contributed by atoms with E-state index < -0.39 is 18.3 Å². The molecular weight excluding hydrogens is 366 g/mol. The Morgan fingerprint density at radius 3 is 2.32 bits per heavy atom.